The first-order valence-corrected chi connectivity index (χ1v) is 49.7. The fraction of sp³-hybridized carbons (Fsp3) is 0.107. The zero-order chi connectivity index (χ0) is 98.1. The SMILES string of the molecule is CC(C)C(=O)C=C(O)C(C)C.CC1(C)c2ccccc2-c2ccc(N(c3ccc(-c4ccccc4)cc3)c3ccc(-c4ccc5c(c4)c4ccccc4n5-c4ccccc4)cc3)cc21.Cc1[c-]c(-c2ncc(-c3ccccc3)nc2-c2cc(C)cc(C)c2)cc(C)c1.[B]PCF.[BiH2].[Ir].c1ccc(-c2cc(-c3ccc4ccccc4c3)nc3c2ccc2c(-c4ccccc4)cc(-c4ccc5ccccc5c4)nc23)cc1. The molecule has 22 aromatic rings. The maximum atomic E-state index is 11.0. The van der Waals surface area contributed by atoms with Crippen LogP contribution in [0.25, 0.3) is 183 Å². The van der Waals surface area contributed by atoms with Crippen molar-refractivity contribution < 1.29 is 34.4 Å². The predicted octanol–water partition coefficient (Wildman–Crippen LogP) is 34.2. The molecule has 0 amide bonds. The minimum atomic E-state index is -0.375. The third-order valence-electron chi connectivity index (χ3n) is 26.5. The number of hydrogen-bond acceptors (Lipinski definition) is 7. The van der Waals surface area contributed by atoms with E-state index in [0.29, 0.717) is 0 Å². The van der Waals surface area contributed by atoms with E-state index in [1.807, 2.05) is 52.1 Å². The number of rotatable bonds is 17. The molecule has 1 unspecified atom stereocenters. The van der Waals surface area contributed by atoms with Crippen LogP contribution in [-0.4, -0.2) is 75.6 Å². The van der Waals surface area contributed by atoms with Gasteiger partial charge in [0, 0.05) is 116 Å². The summed E-state index contributed by atoms with van der Waals surface area (Å²) in [7, 11) is 4.65. The number of hydrogen-bond donors (Lipinski definition) is 1. The van der Waals surface area contributed by atoms with Crippen molar-refractivity contribution in [3.8, 4) is 118 Å². The summed E-state index contributed by atoms with van der Waals surface area (Å²) in [4.78, 5) is 34.2. The second-order valence-corrected chi connectivity index (χ2v) is 38.2. The van der Waals surface area contributed by atoms with Gasteiger partial charge in [-0.15, -0.1) is 43.3 Å². The van der Waals surface area contributed by atoms with E-state index in [-0.39, 0.29) is 90.0 Å². The van der Waals surface area contributed by atoms with Crippen LogP contribution >= 0.6 is 8.46 Å². The number of aryl methyl sites for hydroxylation is 4. The van der Waals surface area contributed by atoms with Crippen molar-refractivity contribution in [1.29, 1.82) is 0 Å². The Hall–Kier alpha value is -14.9. The van der Waals surface area contributed by atoms with Crippen molar-refractivity contribution in [2.75, 3.05) is 11.3 Å². The molecule has 1 atom stereocenters. The van der Waals surface area contributed by atoms with E-state index < -0.39 is 0 Å². The standard InChI is InChI=1S/C51H38N2.C44H28N2.C26H23N2.C9H16O2.CH3BFP.Bi.Ir.2H/c1-51(2)47-19-11-9-17-43(47)44-31-30-42(34-48(44)51)52(40-26-21-36(22-27-40)35-13-5-3-6-14-35)41-28-23-37(24-29-41)38-25-32-50-46(33-38)45-18-10-12-20-49(45)53(50)39-15-7-4-8-16-39;1-3-13-31(14-4-1)39-27-41(35-21-19-29-11-7-9-17-33(29)25-35)45-43-37(39)23-24-38-40(32-15-5-2-6-16-32)28-42(46-44(38)43)36-22-20-30-12-8-10-18-34(30)26-36;1-17-10-18(2)13-22(12-17)25-26(23-14-19(3)11-20(4)15-23)28-24(16-27-25)21-8-6-5-7-9-21;1-6(2)8(10)5-9(11)7(3)4;2-4-1-3;;;;/h3-34H,1-2H3;1-28H;5-12,14-16H,1-4H3;5-7,10H,1-4H3;4H,1H2;;;;/q;;-1;;;;;;. The number of alkyl halides is 1. The predicted molar refractivity (Wildman–Crippen MR) is 608 cm³/mol. The van der Waals surface area contributed by atoms with Gasteiger partial charge < -0.3 is 19.6 Å². The summed E-state index contributed by atoms with van der Waals surface area (Å²) in [6.07, 6.45) is 2.80. The van der Waals surface area contributed by atoms with E-state index in [1.54, 1.807) is 0 Å². The number of pyridine rings is 2. The van der Waals surface area contributed by atoms with Crippen molar-refractivity contribution in [2.45, 2.75) is 74.7 Å². The van der Waals surface area contributed by atoms with Gasteiger partial charge in [-0.05, 0) is 199 Å². The van der Waals surface area contributed by atoms with Crippen LogP contribution in [0.1, 0.15) is 74.9 Å². The number of nitrogens with zero attached hydrogens (tertiary/aromatic N) is 6. The van der Waals surface area contributed by atoms with Crippen LogP contribution in [0.5, 0.6) is 0 Å². The number of anilines is 3. The van der Waals surface area contributed by atoms with E-state index in [4.69, 9.17) is 19.9 Å². The first kappa shape index (κ1) is 101. The van der Waals surface area contributed by atoms with Crippen LogP contribution in [0.4, 0.5) is 21.5 Å². The third kappa shape index (κ3) is 21.9. The van der Waals surface area contributed by atoms with Crippen LogP contribution in [0.3, 0.4) is 0 Å². The molecule has 1 aliphatic carbocycles. The third-order valence-corrected chi connectivity index (χ3v) is 26.6. The van der Waals surface area contributed by atoms with E-state index in [9.17, 15) is 14.3 Å². The fourth-order valence-electron chi connectivity index (χ4n) is 19.4. The van der Waals surface area contributed by atoms with Gasteiger partial charge in [0.25, 0.3) is 0 Å². The summed E-state index contributed by atoms with van der Waals surface area (Å²) >= 11 is 0. The summed E-state index contributed by atoms with van der Waals surface area (Å²) in [5, 5.41) is 18.7. The van der Waals surface area contributed by atoms with E-state index in [0.717, 1.165) is 123 Å². The monoisotopic (exact) mass is 2260 g/mol. The Morgan fingerprint density at radius 1 is 0.389 bits per heavy atom. The molecular weight excluding hydrogens is 2150 g/mol. The Balaban J connectivity index is 0.000000142. The van der Waals surface area contributed by atoms with Crippen LogP contribution in [0.15, 0.2) is 443 Å². The van der Waals surface area contributed by atoms with Gasteiger partial charge in [0.1, 0.15) is 7.57 Å². The zero-order valence-corrected chi connectivity index (χ0v) is 90.2. The molecule has 0 aliphatic heterocycles. The maximum absolute atomic E-state index is 11.0. The molecule has 0 spiro atoms. The Morgan fingerprint density at radius 3 is 1.37 bits per heavy atom. The number of carbonyl (C=O) groups excluding carboxylic acids is 1. The summed E-state index contributed by atoms with van der Waals surface area (Å²) in [6.45, 7) is 20.4. The van der Waals surface area contributed by atoms with Gasteiger partial charge in [0.15, 0.2) is 5.78 Å². The second kappa shape index (κ2) is 45.2. The summed E-state index contributed by atoms with van der Waals surface area (Å²) in [5.74, 6) is 0.161. The van der Waals surface area contributed by atoms with Gasteiger partial charge in [-0.2, -0.15) is 0 Å². The number of allylic oxidation sites excluding steroid dienone is 2. The first-order chi connectivity index (χ1) is 69.2. The number of aliphatic hydroxyl groups is 1. The Labute approximate surface area is 879 Å². The fourth-order valence-corrected chi connectivity index (χ4v) is 19.4. The first-order valence-electron chi connectivity index (χ1n) is 48.4. The van der Waals surface area contributed by atoms with E-state index >= 15 is 0 Å². The van der Waals surface area contributed by atoms with Crippen molar-refractivity contribution in [2.24, 2.45) is 11.8 Å². The normalized spacial score (nSPS) is 11.8. The van der Waals surface area contributed by atoms with Gasteiger partial charge in [0.2, 0.25) is 0 Å². The number of aliphatic hydroxyl groups excluding tert-OH is 1. The number of carbonyl (C=O) groups is 1. The quantitative estimate of drug-likeness (QED) is 0.0242. The summed E-state index contributed by atoms with van der Waals surface area (Å²) in [5.41, 5.74) is 38.2. The molecule has 1 aliphatic rings. The number of aromatic nitrogens is 5. The molecule has 706 valence electrons. The van der Waals surface area contributed by atoms with E-state index in [1.165, 1.54) is 116 Å². The summed E-state index contributed by atoms with van der Waals surface area (Å²) in [6, 6.07) is 156. The van der Waals surface area contributed by atoms with E-state index in [2.05, 4.69) is 471 Å². The van der Waals surface area contributed by atoms with Gasteiger partial charge in [0.05, 0.1) is 57.0 Å². The van der Waals surface area contributed by atoms with Gasteiger partial charge in [-0.3, -0.25) is 9.78 Å². The smallest absolute Gasteiger partial charge is 0.0978 e. The molecule has 8 nitrogen and oxygen atoms in total. The number of ketones is 1. The Morgan fingerprint density at radius 2 is 0.833 bits per heavy atom. The molecule has 18 aromatic carbocycles. The number of halogens is 1. The molecule has 13 heteroatoms. The molecule has 4 heterocycles. The molecule has 0 bridgehead atoms. The average Bonchev–Trinajstić information content (AvgIpc) is 1.51. The molecule has 144 heavy (non-hydrogen) atoms. The van der Waals surface area contributed by atoms with Gasteiger partial charge in [-0.1, -0.05) is 388 Å². The minimum absolute atomic E-state index is 0. The maximum Gasteiger partial charge on any atom is 0.0978 e. The van der Waals surface area contributed by atoms with Crippen LogP contribution in [0.2, 0.25) is 0 Å². The minimum Gasteiger partial charge on any atom is -0.245 e. The molecular formula is C131H110BBiFIrN6O2P-. The molecule has 4 radical (unpaired) electrons. The van der Waals surface area contributed by atoms with Crippen molar-refractivity contribution in [3.63, 3.8) is 0 Å². The van der Waals surface area contributed by atoms with Crippen LogP contribution < -0.4 is 4.90 Å². The van der Waals surface area contributed by atoms with Crippen LogP contribution in [-0.2, 0) is 30.3 Å². The summed E-state index contributed by atoms with van der Waals surface area (Å²) < 4.78 is 13.0. The topological polar surface area (TPSA) is 97.0 Å². The molecule has 0 saturated carbocycles. The second-order valence-electron chi connectivity index (χ2n) is 37.5. The molecule has 0 fully saturated rings. The average molecular weight is 2260 g/mol. The Bertz CT molecular complexity index is 8190. The molecule has 4 aromatic heterocycles. The van der Waals surface area contributed by atoms with Gasteiger partial charge >= 0.3 is 26.2 Å². The Kier molecular flexibility index (Phi) is 31.6. The number of para-hydroxylation sites is 2. The van der Waals surface area contributed by atoms with Crippen molar-refractivity contribution in [3.05, 3.63) is 482 Å². The van der Waals surface area contributed by atoms with Crippen LogP contribution in [0, 0.1) is 45.6 Å². The van der Waals surface area contributed by atoms with Crippen molar-refractivity contribution in [1.82, 2.24) is 24.5 Å². The largest absolute Gasteiger partial charge is 0.245 e. The van der Waals surface area contributed by atoms with Gasteiger partial charge in [-0.25, -0.2) is 14.4 Å². The molecule has 23 rings (SSSR count). The zero-order valence-electron chi connectivity index (χ0n) is 82.3. The molecule has 1 N–H and O–H groups in total. The number of fused-ring (bicyclic) bond motifs is 11. The molecule has 0 saturated heterocycles. The number of benzene rings is 18. The van der Waals surface area contributed by atoms with Crippen molar-refractivity contribution >= 4 is 130 Å².